The van der Waals surface area contributed by atoms with Gasteiger partial charge < -0.3 is 10.5 Å². The van der Waals surface area contributed by atoms with Gasteiger partial charge in [0, 0.05) is 26.9 Å². The van der Waals surface area contributed by atoms with Crippen LogP contribution in [0.25, 0.3) is 0 Å². The Hall–Kier alpha value is -1.32. The van der Waals surface area contributed by atoms with Crippen LogP contribution in [0.4, 0.5) is 5.69 Å². The topological polar surface area (TPSA) is 35.2 Å². The summed E-state index contributed by atoms with van der Waals surface area (Å²) in [5, 5.41) is 0.662. The molecule has 0 aromatic heterocycles. The number of nitrogen functional groups attached to an aromatic ring is 1. The van der Waals surface area contributed by atoms with Crippen molar-refractivity contribution in [3.8, 4) is 5.75 Å². The lowest BCUT2D eigenvalue weighted by Crippen LogP contribution is -1.93. The number of aryl methyl sites for hydroxylation is 1. The zero-order valence-electron chi connectivity index (χ0n) is 10.9. The average molecular weight is 294 g/mol. The lowest BCUT2D eigenvalue weighted by atomic mass is 10.1. The van der Waals surface area contributed by atoms with Crippen molar-refractivity contribution < 1.29 is 4.74 Å². The Kier molecular flexibility index (Phi) is 4.61. The van der Waals surface area contributed by atoms with Gasteiger partial charge in [-0.1, -0.05) is 29.3 Å². The predicted octanol–water partition coefficient (Wildman–Crippen LogP) is 4.53. The molecule has 2 aromatic carbocycles. The van der Waals surface area contributed by atoms with Crippen molar-refractivity contribution in [1.82, 2.24) is 0 Å². The number of thioether (sulfide) groups is 1. The molecule has 2 rings (SSSR count). The first kappa shape index (κ1) is 14.1. The number of rotatable bonds is 4. The van der Waals surface area contributed by atoms with Crippen molar-refractivity contribution >= 4 is 29.1 Å². The van der Waals surface area contributed by atoms with Crippen molar-refractivity contribution in [3.05, 3.63) is 52.5 Å². The molecule has 0 atom stereocenters. The Morgan fingerprint density at radius 1 is 1.21 bits per heavy atom. The number of benzene rings is 2. The number of nitrogens with two attached hydrogens (primary N) is 1. The molecule has 0 fully saturated rings. The number of hydrogen-bond acceptors (Lipinski definition) is 3. The van der Waals surface area contributed by atoms with Crippen LogP contribution in [0, 0.1) is 6.92 Å². The molecule has 100 valence electrons. The van der Waals surface area contributed by atoms with Crippen LogP contribution < -0.4 is 10.5 Å². The Labute approximate surface area is 122 Å². The van der Waals surface area contributed by atoms with Gasteiger partial charge in [-0.25, -0.2) is 0 Å². The van der Waals surface area contributed by atoms with Crippen LogP contribution in [0.5, 0.6) is 5.75 Å². The molecule has 0 unspecified atom stereocenters. The fourth-order valence-corrected chi connectivity index (χ4v) is 2.93. The largest absolute Gasteiger partial charge is 0.496 e. The molecule has 0 aliphatic heterocycles. The molecular weight excluding hydrogens is 278 g/mol. The van der Waals surface area contributed by atoms with E-state index in [9.17, 15) is 0 Å². The Balaban J connectivity index is 2.16. The summed E-state index contributed by atoms with van der Waals surface area (Å²) >= 11 is 7.58. The molecule has 0 saturated heterocycles. The fraction of sp³-hybridized carbons (Fsp3) is 0.200. The molecular formula is C15H16ClNOS. The third-order valence-corrected chi connectivity index (χ3v) is 4.16. The van der Waals surface area contributed by atoms with Crippen LogP contribution in [0.15, 0.2) is 41.3 Å². The van der Waals surface area contributed by atoms with Crippen LogP contribution in [0.1, 0.15) is 11.1 Å². The van der Waals surface area contributed by atoms with Gasteiger partial charge in [-0.15, -0.1) is 11.8 Å². The van der Waals surface area contributed by atoms with Gasteiger partial charge in [-0.2, -0.15) is 0 Å². The zero-order valence-corrected chi connectivity index (χ0v) is 12.5. The molecule has 2 N–H and O–H groups in total. The highest BCUT2D eigenvalue weighted by atomic mass is 35.5. The van der Waals surface area contributed by atoms with Crippen molar-refractivity contribution in [1.29, 1.82) is 0 Å². The highest BCUT2D eigenvalue weighted by molar-refractivity contribution is 7.98. The van der Waals surface area contributed by atoms with Gasteiger partial charge in [-0.3, -0.25) is 0 Å². The number of hydrogen-bond donors (Lipinski definition) is 1. The van der Waals surface area contributed by atoms with E-state index < -0.39 is 0 Å². The third kappa shape index (κ3) is 3.58. The second-order valence-corrected chi connectivity index (χ2v) is 5.74. The predicted molar refractivity (Wildman–Crippen MR) is 83.2 cm³/mol. The summed E-state index contributed by atoms with van der Waals surface area (Å²) in [6, 6.07) is 11.8. The van der Waals surface area contributed by atoms with E-state index in [0.29, 0.717) is 10.7 Å². The van der Waals surface area contributed by atoms with E-state index in [2.05, 4.69) is 13.0 Å². The van der Waals surface area contributed by atoms with Gasteiger partial charge in [0.2, 0.25) is 0 Å². The first-order valence-corrected chi connectivity index (χ1v) is 7.28. The van der Waals surface area contributed by atoms with Crippen LogP contribution >= 0.6 is 23.4 Å². The molecule has 19 heavy (non-hydrogen) atoms. The van der Waals surface area contributed by atoms with E-state index in [1.165, 1.54) is 11.1 Å². The molecule has 0 aliphatic rings. The number of ether oxygens (including phenoxy) is 1. The number of anilines is 1. The van der Waals surface area contributed by atoms with E-state index in [-0.39, 0.29) is 0 Å². The van der Waals surface area contributed by atoms with Crippen molar-refractivity contribution in [2.24, 2.45) is 0 Å². The molecule has 0 radical (unpaired) electrons. The van der Waals surface area contributed by atoms with Crippen molar-refractivity contribution in [2.45, 2.75) is 17.6 Å². The number of methoxy groups -OCH3 is 1. The van der Waals surface area contributed by atoms with Gasteiger partial charge in [0.05, 0.1) is 7.11 Å². The molecule has 0 amide bonds. The van der Waals surface area contributed by atoms with Gasteiger partial charge in [-0.05, 0) is 31.2 Å². The van der Waals surface area contributed by atoms with Gasteiger partial charge in [0.1, 0.15) is 5.75 Å². The highest BCUT2D eigenvalue weighted by Crippen LogP contribution is 2.32. The maximum atomic E-state index is 5.95. The maximum absolute atomic E-state index is 5.95. The second kappa shape index (κ2) is 6.22. The van der Waals surface area contributed by atoms with Gasteiger partial charge >= 0.3 is 0 Å². The van der Waals surface area contributed by atoms with Crippen LogP contribution in [-0.4, -0.2) is 7.11 Å². The summed E-state index contributed by atoms with van der Waals surface area (Å²) in [5.41, 5.74) is 9.05. The van der Waals surface area contributed by atoms with Crippen LogP contribution in [0.3, 0.4) is 0 Å². The monoisotopic (exact) mass is 293 g/mol. The SMILES string of the molecule is COc1ccc(C)cc1CSc1ccc(Cl)cc1N. The van der Waals surface area contributed by atoms with E-state index in [1.807, 2.05) is 24.3 Å². The number of halogens is 1. The summed E-state index contributed by atoms with van der Waals surface area (Å²) in [7, 11) is 1.69. The van der Waals surface area contributed by atoms with E-state index >= 15 is 0 Å². The average Bonchev–Trinajstić information content (AvgIpc) is 2.38. The maximum Gasteiger partial charge on any atom is 0.122 e. The summed E-state index contributed by atoms with van der Waals surface area (Å²) in [6.45, 7) is 2.07. The molecule has 4 heteroatoms. The van der Waals surface area contributed by atoms with Crippen molar-refractivity contribution in [3.63, 3.8) is 0 Å². The second-order valence-electron chi connectivity index (χ2n) is 4.29. The lowest BCUT2D eigenvalue weighted by Gasteiger charge is -2.10. The minimum absolute atomic E-state index is 0.662. The Bertz CT molecular complexity index is 586. The molecule has 0 heterocycles. The summed E-state index contributed by atoms with van der Waals surface area (Å²) < 4.78 is 5.37. The third-order valence-electron chi connectivity index (χ3n) is 2.79. The minimum Gasteiger partial charge on any atom is -0.496 e. The quantitative estimate of drug-likeness (QED) is 0.664. The zero-order chi connectivity index (χ0) is 13.8. The summed E-state index contributed by atoms with van der Waals surface area (Å²) in [5.74, 6) is 1.72. The van der Waals surface area contributed by atoms with E-state index in [0.717, 1.165) is 16.4 Å². The molecule has 0 aliphatic carbocycles. The summed E-state index contributed by atoms with van der Waals surface area (Å²) in [6.07, 6.45) is 0. The van der Waals surface area contributed by atoms with Crippen molar-refractivity contribution in [2.75, 3.05) is 12.8 Å². The van der Waals surface area contributed by atoms with Crippen LogP contribution in [-0.2, 0) is 5.75 Å². The first-order valence-electron chi connectivity index (χ1n) is 5.91. The lowest BCUT2D eigenvalue weighted by molar-refractivity contribution is 0.411. The molecule has 0 bridgehead atoms. The van der Waals surface area contributed by atoms with E-state index in [1.54, 1.807) is 24.9 Å². The van der Waals surface area contributed by atoms with E-state index in [4.69, 9.17) is 22.1 Å². The fourth-order valence-electron chi connectivity index (χ4n) is 1.83. The standard InChI is InChI=1S/C15H16ClNOS/c1-10-3-5-14(18-2)11(7-10)9-19-15-6-4-12(16)8-13(15)17/h3-8H,9,17H2,1-2H3. The Morgan fingerprint density at radius 2 is 2.00 bits per heavy atom. The highest BCUT2D eigenvalue weighted by Gasteiger charge is 2.06. The van der Waals surface area contributed by atoms with Crippen LogP contribution in [0.2, 0.25) is 5.02 Å². The smallest absolute Gasteiger partial charge is 0.122 e. The van der Waals surface area contributed by atoms with Gasteiger partial charge in [0.25, 0.3) is 0 Å². The molecule has 2 nitrogen and oxygen atoms in total. The minimum atomic E-state index is 0.662. The molecule has 0 spiro atoms. The molecule has 0 saturated carbocycles. The van der Waals surface area contributed by atoms with Gasteiger partial charge in [0.15, 0.2) is 0 Å². The normalized spacial score (nSPS) is 10.5. The molecule has 2 aromatic rings. The Morgan fingerprint density at radius 3 is 2.68 bits per heavy atom. The summed E-state index contributed by atoms with van der Waals surface area (Å²) in [4.78, 5) is 1.04. The first-order chi connectivity index (χ1) is 9.10.